The Morgan fingerprint density at radius 3 is 3.05 bits per heavy atom. The van der Waals surface area contributed by atoms with E-state index in [-0.39, 0.29) is 17.6 Å². The standard InChI is InChI=1S/C13H14FN3O2/c14-9-3-4-11(15)10(6-9)13-16-12(17-19-13)8-2-1-5-18-7-8/h3-4,6,8H,1-2,5,7,15H2. The molecule has 100 valence electrons. The molecule has 1 fully saturated rings. The van der Waals surface area contributed by atoms with Crippen LogP contribution in [0, 0.1) is 5.82 Å². The van der Waals surface area contributed by atoms with Crippen LogP contribution in [0.3, 0.4) is 0 Å². The summed E-state index contributed by atoms with van der Waals surface area (Å²) in [6.07, 6.45) is 1.95. The number of nitrogens with zero attached hydrogens (tertiary/aromatic N) is 2. The molecule has 0 saturated carbocycles. The maximum absolute atomic E-state index is 13.2. The number of anilines is 1. The van der Waals surface area contributed by atoms with Crippen molar-refractivity contribution in [2.75, 3.05) is 18.9 Å². The Bertz CT molecular complexity index is 579. The first-order valence-corrected chi connectivity index (χ1v) is 6.21. The van der Waals surface area contributed by atoms with Crippen molar-refractivity contribution in [2.45, 2.75) is 18.8 Å². The molecular formula is C13H14FN3O2. The van der Waals surface area contributed by atoms with E-state index in [0.717, 1.165) is 19.4 Å². The third-order valence-corrected chi connectivity index (χ3v) is 3.21. The van der Waals surface area contributed by atoms with Crippen molar-refractivity contribution in [1.29, 1.82) is 0 Å². The molecule has 0 amide bonds. The zero-order chi connectivity index (χ0) is 13.2. The van der Waals surface area contributed by atoms with E-state index in [4.69, 9.17) is 15.0 Å². The number of benzene rings is 1. The largest absolute Gasteiger partial charge is 0.398 e. The SMILES string of the molecule is Nc1ccc(F)cc1-c1nc(C2CCCOC2)no1. The number of nitrogen functional groups attached to an aromatic ring is 1. The Kier molecular flexibility index (Phi) is 3.16. The van der Waals surface area contributed by atoms with Crippen molar-refractivity contribution in [3.63, 3.8) is 0 Å². The molecule has 19 heavy (non-hydrogen) atoms. The summed E-state index contributed by atoms with van der Waals surface area (Å²) in [5, 5.41) is 3.94. The van der Waals surface area contributed by atoms with E-state index in [1.807, 2.05) is 0 Å². The quantitative estimate of drug-likeness (QED) is 0.842. The van der Waals surface area contributed by atoms with Crippen LogP contribution in [0.2, 0.25) is 0 Å². The highest BCUT2D eigenvalue weighted by molar-refractivity contribution is 5.70. The second-order valence-electron chi connectivity index (χ2n) is 4.60. The summed E-state index contributed by atoms with van der Waals surface area (Å²) in [4.78, 5) is 4.30. The van der Waals surface area contributed by atoms with E-state index in [0.29, 0.717) is 23.7 Å². The Hall–Kier alpha value is -1.95. The lowest BCUT2D eigenvalue weighted by Crippen LogP contribution is -2.16. The fourth-order valence-electron chi connectivity index (χ4n) is 2.17. The van der Waals surface area contributed by atoms with Gasteiger partial charge in [0.2, 0.25) is 0 Å². The molecule has 0 aliphatic carbocycles. The Balaban J connectivity index is 1.89. The minimum atomic E-state index is -0.384. The number of rotatable bonds is 2. The van der Waals surface area contributed by atoms with Crippen LogP contribution in [0.1, 0.15) is 24.6 Å². The van der Waals surface area contributed by atoms with Gasteiger partial charge in [0, 0.05) is 18.2 Å². The third-order valence-electron chi connectivity index (χ3n) is 3.21. The maximum Gasteiger partial charge on any atom is 0.260 e. The fourth-order valence-corrected chi connectivity index (χ4v) is 2.17. The third kappa shape index (κ3) is 2.44. The molecule has 1 unspecified atom stereocenters. The van der Waals surface area contributed by atoms with E-state index in [1.54, 1.807) is 0 Å². The molecule has 2 N–H and O–H groups in total. The van der Waals surface area contributed by atoms with Crippen LogP contribution in [0.15, 0.2) is 22.7 Å². The summed E-state index contributed by atoms with van der Waals surface area (Å²) in [5.41, 5.74) is 6.63. The van der Waals surface area contributed by atoms with Gasteiger partial charge in [-0.3, -0.25) is 0 Å². The van der Waals surface area contributed by atoms with Crippen LogP contribution in [-0.2, 0) is 4.74 Å². The lowest BCUT2D eigenvalue weighted by molar-refractivity contribution is 0.0773. The van der Waals surface area contributed by atoms with Crippen LogP contribution in [0.5, 0.6) is 0 Å². The van der Waals surface area contributed by atoms with Crippen LogP contribution in [-0.4, -0.2) is 23.4 Å². The summed E-state index contributed by atoms with van der Waals surface area (Å²) in [6, 6.07) is 4.08. The molecule has 2 heterocycles. The minimum Gasteiger partial charge on any atom is -0.398 e. The van der Waals surface area contributed by atoms with E-state index in [2.05, 4.69) is 10.1 Å². The van der Waals surface area contributed by atoms with Gasteiger partial charge in [0.25, 0.3) is 5.89 Å². The monoisotopic (exact) mass is 263 g/mol. The van der Waals surface area contributed by atoms with E-state index in [9.17, 15) is 4.39 Å². The van der Waals surface area contributed by atoms with Crippen LogP contribution < -0.4 is 5.73 Å². The smallest absolute Gasteiger partial charge is 0.260 e. The summed E-state index contributed by atoms with van der Waals surface area (Å²) in [6.45, 7) is 1.37. The Labute approximate surface area is 109 Å². The second kappa shape index (κ2) is 4.97. The lowest BCUT2D eigenvalue weighted by atomic mass is 10.0. The van der Waals surface area contributed by atoms with Gasteiger partial charge in [0.1, 0.15) is 5.82 Å². The molecule has 0 bridgehead atoms. The predicted octanol–water partition coefficient (Wildman–Crippen LogP) is 2.35. The summed E-state index contributed by atoms with van der Waals surface area (Å²) < 4.78 is 23.8. The van der Waals surface area contributed by atoms with Gasteiger partial charge in [-0.05, 0) is 31.0 Å². The highest BCUT2D eigenvalue weighted by Crippen LogP contribution is 2.28. The first kappa shape index (κ1) is 12.1. The molecule has 5 nitrogen and oxygen atoms in total. The number of ether oxygens (including phenoxy) is 1. The molecule has 0 spiro atoms. The van der Waals surface area contributed by atoms with Crippen LogP contribution >= 0.6 is 0 Å². The molecular weight excluding hydrogens is 249 g/mol. The molecule has 3 rings (SSSR count). The molecule has 1 aliphatic heterocycles. The molecule has 1 aromatic carbocycles. The Morgan fingerprint density at radius 1 is 1.37 bits per heavy atom. The normalized spacial score (nSPS) is 19.5. The molecule has 6 heteroatoms. The molecule has 1 aromatic heterocycles. The van der Waals surface area contributed by atoms with Gasteiger partial charge in [0.05, 0.1) is 12.2 Å². The highest BCUT2D eigenvalue weighted by Gasteiger charge is 2.22. The van der Waals surface area contributed by atoms with Crippen molar-refractivity contribution < 1.29 is 13.7 Å². The van der Waals surface area contributed by atoms with Crippen molar-refractivity contribution >= 4 is 5.69 Å². The minimum absolute atomic E-state index is 0.140. The topological polar surface area (TPSA) is 74.2 Å². The van der Waals surface area contributed by atoms with Crippen LogP contribution in [0.4, 0.5) is 10.1 Å². The average molecular weight is 263 g/mol. The van der Waals surface area contributed by atoms with Gasteiger partial charge in [-0.2, -0.15) is 4.98 Å². The van der Waals surface area contributed by atoms with E-state index < -0.39 is 0 Å². The predicted molar refractivity (Wildman–Crippen MR) is 66.9 cm³/mol. The molecule has 0 radical (unpaired) electrons. The van der Waals surface area contributed by atoms with Gasteiger partial charge in [0.15, 0.2) is 5.82 Å². The van der Waals surface area contributed by atoms with Crippen LogP contribution in [0.25, 0.3) is 11.5 Å². The summed E-state index contributed by atoms with van der Waals surface area (Å²) in [7, 11) is 0. The fraction of sp³-hybridized carbons (Fsp3) is 0.385. The van der Waals surface area contributed by atoms with Gasteiger partial charge in [-0.1, -0.05) is 5.16 Å². The molecule has 1 saturated heterocycles. The first-order chi connectivity index (χ1) is 9.24. The van der Waals surface area contributed by atoms with Crippen molar-refractivity contribution in [3.8, 4) is 11.5 Å². The van der Waals surface area contributed by atoms with Gasteiger partial charge < -0.3 is 15.0 Å². The molecule has 1 atom stereocenters. The zero-order valence-corrected chi connectivity index (χ0v) is 10.3. The highest BCUT2D eigenvalue weighted by atomic mass is 19.1. The first-order valence-electron chi connectivity index (χ1n) is 6.21. The summed E-state index contributed by atoms with van der Waals surface area (Å²) in [5.74, 6) is 0.599. The number of halogens is 1. The maximum atomic E-state index is 13.2. The molecule has 2 aromatic rings. The van der Waals surface area contributed by atoms with Crippen molar-refractivity contribution in [3.05, 3.63) is 29.8 Å². The van der Waals surface area contributed by atoms with Gasteiger partial charge >= 0.3 is 0 Å². The Morgan fingerprint density at radius 2 is 2.26 bits per heavy atom. The second-order valence-corrected chi connectivity index (χ2v) is 4.60. The van der Waals surface area contributed by atoms with E-state index in [1.165, 1.54) is 18.2 Å². The lowest BCUT2D eigenvalue weighted by Gasteiger charge is -2.18. The van der Waals surface area contributed by atoms with Crippen molar-refractivity contribution in [2.24, 2.45) is 0 Å². The number of aromatic nitrogens is 2. The zero-order valence-electron chi connectivity index (χ0n) is 10.3. The van der Waals surface area contributed by atoms with E-state index >= 15 is 0 Å². The average Bonchev–Trinajstić information content (AvgIpc) is 2.92. The summed E-state index contributed by atoms with van der Waals surface area (Å²) >= 11 is 0. The number of hydrogen-bond acceptors (Lipinski definition) is 5. The molecule has 1 aliphatic rings. The number of nitrogens with two attached hydrogens (primary N) is 1. The van der Waals surface area contributed by atoms with Gasteiger partial charge in [-0.25, -0.2) is 4.39 Å². The number of hydrogen-bond donors (Lipinski definition) is 1. The van der Waals surface area contributed by atoms with Gasteiger partial charge in [-0.15, -0.1) is 0 Å². The van der Waals surface area contributed by atoms with Crippen molar-refractivity contribution in [1.82, 2.24) is 10.1 Å².